The lowest BCUT2D eigenvalue weighted by Crippen LogP contribution is -2.20. The van der Waals surface area contributed by atoms with E-state index < -0.39 is 0 Å². The number of halogens is 4. The van der Waals surface area contributed by atoms with Crippen LogP contribution in [0.2, 0.25) is 20.1 Å². The minimum Gasteiger partial charge on any atom is -0.491 e. The highest BCUT2D eigenvalue weighted by atomic mass is 35.5. The molecular formula is C18H14Cl4N2OS. The first-order chi connectivity index (χ1) is 12.5. The lowest BCUT2D eigenvalue weighted by atomic mass is 10.3. The monoisotopic (exact) mass is 446 g/mol. The zero-order chi connectivity index (χ0) is 18.5. The van der Waals surface area contributed by atoms with Crippen molar-refractivity contribution in [1.29, 1.82) is 0 Å². The van der Waals surface area contributed by atoms with Crippen molar-refractivity contribution in [3.8, 4) is 5.75 Å². The van der Waals surface area contributed by atoms with Crippen molar-refractivity contribution in [3.63, 3.8) is 0 Å². The molecule has 0 aliphatic heterocycles. The minimum absolute atomic E-state index is 0.0247. The average molecular weight is 448 g/mol. The predicted octanol–water partition coefficient (Wildman–Crippen LogP) is 6.74. The Bertz CT molecular complexity index is 853. The summed E-state index contributed by atoms with van der Waals surface area (Å²) in [5.41, 5.74) is 0. The van der Waals surface area contributed by atoms with Crippen LogP contribution in [0.1, 0.15) is 0 Å². The SMILES string of the molecule is Clc1ccc(Cl)c(OCC(Cn2ccnc2)Sc2c(Cl)cccc2Cl)c1. The van der Waals surface area contributed by atoms with Gasteiger partial charge >= 0.3 is 0 Å². The molecule has 2 aromatic carbocycles. The molecular weight excluding hydrogens is 434 g/mol. The van der Waals surface area contributed by atoms with E-state index in [0.29, 0.717) is 39.0 Å². The number of ether oxygens (including phenoxy) is 1. The van der Waals surface area contributed by atoms with Gasteiger partial charge in [0.05, 0.1) is 26.6 Å². The van der Waals surface area contributed by atoms with Crippen molar-refractivity contribution in [3.05, 3.63) is 75.2 Å². The van der Waals surface area contributed by atoms with Gasteiger partial charge in [0.15, 0.2) is 0 Å². The molecule has 1 atom stereocenters. The molecule has 8 heteroatoms. The molecule has 0 bridgehead atoms. The molecule has 1 unspecified atom stereocenters. The maximum absolute atomic E-state index is 6.31. The van der Waals surface area contributed by atoms with Gasteiger partial charge in [-0.1, -0.05) is 52.5 Å². The van der Waals surface area contributed by atoms with Crippen LogP contribution in [-0.2, 0) is 6.54 Å². The number of aromatic nitrogens is 2. The van der Waals surface area contributed by atoms with Crippen LogP contribution in [0.25, 0.3) is 0 Å². The fourth-order valence-corrected chi connectivity index (χ4v) is 4.36. The van der Waals surface area contributed by atoms with Gasteiger partial charge in [-0.3, -0.25) is 0 Å². The van der Waals surface area contributed by atoms with Crippen LogP contribution in [0, 0.1) is 0 Å². The van der Waals surface area contributed by atoms with Gasteiger partial charge in [0.25, 0.3) is 0 Å². The van der Waals surface area contributed by atoms with Gasteiger partial charge in [-0.25, -0.2) is 4.98 Å². The average Bonchev–Trinajstić information content (AvgIpc) is 3.11. The molecule has 1 heterocycles. The van der Waals surface area contributed by atoms with E-state index in [-0.39, 0.29) is 5.25 Å². The zero-order valence-electron chi connectivity index (χ0n) is 13.4. The molecule has 0 saturated heterocycles. The fourth-order valence-electron chi connectivity index (χ4n) is 2.29. The van der Waals surface area contributed by atoms with Crippen LogP contribution in [0.4, 0.5) is 0 Å². The smallest absolute Gasteiger partial charge is 0.139 e. The highest BCUT2D eigenvalue weighted by Gasteiger charge is 2.17. The maximum Gasteiger partial charge on any atom is 0.139 e. The van der Waals surface area contributed by atoms with Crippen molar-refractivity contribution in [2.75, 3.05) is 6.61 Å². The van der Waals surface area contributed by atoms with Crippen LogP contribution in [0.15, 0.2) is 60.0 Å². The molecule has 136 valence electrons. The molecule has 0 saturated carbocycles. The van der Waals surface area contributed by atoms with Crippen LogP contribution < -0.4 is 4.74 Å². The highest BCUT2D eigenvalue weighted by Crippen LogP contribution is 2.37. The first-order valence-electron chi connectivity index (χ1n) is 7.67. The lowest BCUT2D eigenvalue weighted by Gasteiger charge is -2.19. The zero-order valence-corrected chi connectivity index (χ0v) is 17.3. The molecule has 0 fully saturated rings. The Kier molecular flexibility index (Phi) is 7.01. The van der Waals surface area contributed by atoms with Gasteiger partial charge in [-0.05, 0) is 24.3 Å². The van der Waals surface area contributed by atoms with Crippen molar-refractivity contribution in [2.45, 2.75) is 16.7 Å². The topological polar surface area (TPSA) is 27.1 Å². The summed E-state index contributed by atoms with van der Waals surface area (Å²) < 4.78 is 7.90. The van der Waals surface area contributed by atoms with E-state index in [0.717, 1.165) is 4.90 Å². The second-order valence-corrected chi connectivity index (χ2v) is 8.40. The molecule has 0 aliphatic carbocycles. The second kappa shape index (κ2) is 9.25. The Balaban J connectivity index is 1.78. The maximum atomic E-state index is 6.31. The molecule has 3 nitrogen and oxygen atoms in total. The van der Waals surface area contributed by atoms with E-state index in [1.807, 2.05) is 29.0 Å². The van der Waals surface area contributed by atoms with Gasteiger partial charge in [0.2, 0.25) is 0 Å². The Morgan fingerprint density at radius 2 is 1.81 bits per heavy atom. The third kappa shape index (κ3) is 5.24. The number of thioether (sulfide) groups is 1. The summed E-state index contributed by atoms with van der Waals surface area (Å²) in [7, 11) is 0. The summed E-state index contributed by atoms with van der Waals surface area (Å²) >= 11 is 26.4. The number of hydrogen-bond donors (Lipinski definition) is 0. The van der Waals surface area contributed by atoms with Crippen LogP contribution in [0.5, 0.6) is 5.75 Å². The van der Waals surface area contributed by atoms with E-state index in [4.69, 9.17) is 51.1 Å². The predicted molar refractivity (Wildman–Crippen MR) is 110 cm³/mol. The van der Waals surface area contributed by atoms with Gasteiger partial charge in [-0.15, -0.1) is 11.8 Å². The standard InChI is InChI=1S/C18H14Cl4N2OS/c19-12-4-5-14(20)17(8-12)25-10-13(9-24-7-6-23-11-24)26-18-15(21)2-1-3-16(18)22/h1-8,11,13H,9-10H2. The number of hydrogen-bond acceptors (Lipinski definition) is 3. The van der Waals surface area contributed by atoms with Gasteiger partial charge in [-0.2, -0.15) is 0 Å². The molecule has 0 spiro atoms. The summed E-state index contributed by atoms with van der Waals surface area (Å²) in [5, 5.41) is 2.32. The van der Waals surface area contributed by atoms with Crippen molar-refractivity contribution >= 4 is 58.2 Å². The Morgan fingerprint density at radius 3 is 2.50 bits per heavy atom. The van der Waals surface area contributed by atoms with Crippen molar-refractivity contribution < 1.29 is 4.74 Å². The van der Waals surface area contributed by atoms with E-state index in [1.54, 1.807) is 42.5 Å². The molecule has 0 radical (unpaired) electrons. The Morgan fingerprint density at radius 1 is 1.04 bits per heavy atom. The van der Waals surface area contributed by atoms with Crippen LogP contribution in [0.3, 0.4) is 0 Å². The lowest BCUT2D eigenvalue weighted by molar-refractivity contribution is 0.308. The number of imidazole rings is 1. The summed E-state index contributed by atoms with van der Waals surface area (Å²) in [5.74, 6) is 0.542. The van der Waals surface area contributed by atoms with E-state index in [1.165, 1.54) is 0 Å². The second-order valence-electron chi connectivity index (χ2n) is 5.44. The van der Waals surface area contributed by atoms with Crippen molar-refractivity contribution in [1.82, 2.24) is 9.55 Å². The van der Waals surface area contributed by atoms with Gasteiger partial charge < -0.3 is 9.30 Å². The fraction of sp³-hybridized carbons (Fsp3) is 0.167. The first-order valence-corrected chi connectivity index (χ1v) is 10.1. The number of rotatable bonds is 7. The molecule has 3 rings (SSSR count). The van der Waals surface area contributed by atoms with Crippen molar-refractivity contribution in [2.24, 2.45) is 0 Å². The molecule has 26 heavy (non-hydrogen) atoms. The van der Waals surface area contributed by atoms with E-state index in [2.05, 4.69) is 4.98 Å². The third-order valence-electron chi connectivity index (χ3n) is 3.50. The molecule has 1 aromatic heterocycles. The number of benzene rings is 2. The summed E-state index contributed by atoms with van der Waals surface area (Å²) in [6.07, 6.45) is 5.39. The summed E-state index contributed by atoms with van der Waals surface area (Å²) in [6.45, 7) is 1.06. The Hall–Kier alpha value is -1.04. The largest absolute Gasteiger partial charge is 0.491 e. The molecule has 0 aliphatic rings. The minimum atomic E-state index is 0.0247. The van der Waals surface area contributed by atoms with Crippen LogP contribution >= 0.6 is 58.2 Å². The quantitative estimate of drug-likeness (QED) is 0.375. The number of nitrogens with zero attached hydrogens (tertiary/aromatic N) is 2. The highest BCUT2D eigenvalue weighted by molar-refractivity contribution is 8.00. The van der Waals surface area contributed by atoms with Crippen LogP contribution in [-0.4, -0.2) is 21.4 Å². The van der Waals surface area contributed by atoms with E-state index in [9.17, 15) is 0 Å². The molecule has 0 amide bonds. The molecule has 3 aromatic rings. The third-order valence-corrected chi connectivity index (χ3v) is 6.19. The molecule has 0 N–H and O–H groups in total. The first kappa shape index (κ1) is 19.7. The summed E-state index contributed by atoms with van der Waals surface area (Å²) in [6, 6.07) is 10.6. The summed E-state index contributed by atoms with van der Waals surface area (Å²) in [4.78, 5) is 4.90. The van der Waals surface area contributed by atoms with Gasteiger partial charge in [0, 0.05) is 34.9 Å². The van der Waals surface area contributed by atoms with Gasteiger partial charge in [0.1, 0.15) is 12.4 Å². The normalized spacial score (nSPS) is 12.2. The van der Waals surface area contributed by atoms with E-state index >= 15 is 0 Å². The Labute approximate surface area is 176 Å².